The minimum Gasteiger partial charge on any atom is -0.493 e. The van der Waals surface area contributed by atoms with Crippen LogP contribution in [-0.2, 0) is 9.63 Å². The highest BCUT2D eigenvalue weighted by molar-refractivity contribution is 6.04. The van der Waals surface area contributed by atoms with Gasteiger partial charge in [0.2, 0.25) is 6.10 Å². The smallest absolute Gasteiger partial charge is 0.264 e. The lowest BCUT2D eigenvalue weighted by molar-refractivity contribution is -0.131. The van der Waals surface area contributed by atoms with Crippen molar-refractivity contribution >= 4 is 11.6 Å². The molecule has 6 heteroatoms. The number of carbonyl (C=O) groups is 1. The Kier molecular flexibility index (Phi) is 4.67. The van der Waals surface area contributed by atoms with Gasteiger partial charge in [0.1, 0.15) is 0 Å². The van der Waals surface area contributed by atoms with Crippen molar-refractivity contribution in [3.8, 4) is 11.5 Å². The monoisotopic (exact) mass is 292 g/mol. The zero-order chi connectivity index (χ0) is 15.4. The van der Waals surface area contributed by atoms with Gasteiger partial charge in [0.15, 0.2) is 11.5 Å². The van der Waals surface area contributed by atoms with Gasteiger partial charge in [-0.15, -0.1) is 0 Å². The SMILES string of the molecule is COc1ccc(C2=NO[C@H](C(=O)NC(C)C)C2)cc1OC. The molecule has 6 nitrogen and oxygen atoms in total. The van der Waals surface area contributed by atoms with Gasteiger partial charge >= 0.3 is 0 Å². The first-order valence-electron chi connectivity index (χ1n) is 6.80. The normalized spacial score (nSPS) is 17.2. The van der Waals surface area contributed by atoms with E-state index >= 15 is 0 Å². The molecule has 0 fully saturated rings. The maximum atomic E-state index is 11.9. The van der Waals surface area contributed by atoms with E-state index in [4.69, 9.17) is 14.3 Å². The van der Waals surface area contributed by atoms with Crippen LogP contribution < -0.4 is 14.8 Å². The van der Waals surface area contributed by atoms with Gasteiger partial charge in [-0.05, 0) is 32.0 Å². The summed E-state index contributed by atoms with van der Waals surface area (Å²) in [5.74, 6) is 1.12. The van der Waals surface area contributed by atoms with Gasteiger partial charge in [-0.25, -0.2) is 0 Å². The van der Waals surface area contributed by atoms with Crippen molar-refractivity contribution in [3.05, 3.63) is 23.8 Å². The minimum absolute atomic E-state index is 0.0752. The maximum Gasteiger partial charge on any atom is 0.264 e. The van der Waals surface area contributed by atoms with Crippen molar-refractivity contribution in [2.75, 3.05) is 14.2 Å². The summed E-state index contributed by atoms with van der Waals surface area (Å²) in [5.41, 5.74) is 1.58. The predicted octanol–water partition coefficient (Wildman–Crippen LogP) is 1.72. The lowest BCUT2D eigenvalue weighted by Gasteiger charge is -2.12. The molecule has 0 saturated heterocycles. The van der Waals surface area contributed by atoms with Crippen LogP contribution in [0.3, 0.4) is 0 Å². The van der Waals surface area contributed by atoms with Crippen LogP contribution in [0.25, 0.3) is 0 Å². The Bertz CT molecular complexity index is 555. The topological polar surface area (TPSA) is 69.2 Å². The molecule has 0 aromatic heterocycles. The second kappa shape index (κ2) is 6.47. The van der Waals surface area contributed by atoms with E-state index in [9.17, 15) is 4.79 Å². The van der Waals surface area contributed by atoms with Crippen molar-refractivity contribution in [1.29, 1.82) is 0 Å². The summed E-state index contributed by atoms with van der Waals surface area (Å²) in [5, 5.41) is 6.82. The molecular weight excluding hydrogens is 272 g/mol. The van der Waals surface area contributed by atoms with Gasteiger partial charge in [0.05, 0.1) is 19.9 Å². The number of amides is 1. The van der Waals surface area contributed by atoms with Gasteiger partial charge in [-0.3, -0.25) is 4.79 Å². The van der Waals surface area contributed by atoms with Crippen LogP contribution in [-0.4, -0.2) is 38.0 Å². The number of hydrogen-bond acceptors (Lipinski definition) is 5. The first-order valence-corrected chi connectivity index (χ1v) is 6.80. The predicted molar refractivity (Wildman–Crippen MR) is 78.9 cm³/mol. The van der Waals surface area contributed by atoms with Crippen LogP contribution in [0, 0.1) is 0 Å². The first kappa shape index (κ1) is 15.2. The van der Waals surface area contributed by atoms with E-state index in [1.165, 1.54) is 0 Å². The summed E-state index contributed by atoms with van der Waals surface area (Å²) in [4.78, 5) is 17.1. The number of methoxy groups -OCH3 is 2. The largest absolute Gasteiger partial charge is 0.493 e. The van der Waals surface area contributed by atoms with E-state index in [1.807, 2.05) is 26.0 Å². The molecule has 114 valence electrons. The van der Waals surface area contributed by atoms with E-state index in [0.717, 1.165) is 11.3 Å². The van der Waals surface area contributed by atoms with Gasteiger partial charge in [-0.2, -0.15) is 0 Å². The summed E-state index contributed by atoms with van der Waals surface area (Å²) in [6.07, 6.45) is -0.135. The van der Waals surface area contributed by atoms with Gasteiger partial charge < -0.3 is 19.6 Å². The molecule has 1 aromatic rings. The van der Waals surface area contributed by atoms with E-state index in [0.29, 0.717) is 17.9 Å². The Hall–Kier alpha value is -2.24. The molecule has 1 amide bonds. The number of nitrogens with zero attached hydrogens (tertiary/aromatic N) is 1. The Balaban J connectivity index is 2.09. The zero-order valence-corrected chi connectivity index (χ0v) is 12.7. The zero-order valence-electron chi connectivity index (χ0n) is 12.7. The van der Waals surface area contributed by atoms with E-state index in [-0.39, 0.29) is 11.9 Å². The third kappa shape index (κ3) is 3.45. The number of nitrogens with one attached hydrogen (secondary N) is 1. The van der Waals surface area contributed by atoms with Crippen LogP contribution in [0.1, 0.15) is 25.8 Å². The summed E-state index contributed by atoms with van der Waals surface area (Å²) in [6.45, 7) is 3.81. The van der Waals surface area contributed by atoms with E-state index < -0.39 is 6.10 Å². The molecule has 2 rings (SSSR count). The van der Waals surface area contributed by atoms with Crippen molar-refractivity contribution in [1.82, 2.24) is 5.32 Å². The summed E-state index contributed by atoms with van der Waals surface area (Å²) >= 11 is 0. The summed E-state index contributed by atoms with van der Waals surface area (Å²) in [6, 6.07) is 5.57. The Morgan fingerprint density at radius 3 is 2.67 bits per heavy atom. The van der Waals surface area contributed by atoms with Crippen molar-refractivity contribution < 1.29 is 19.1 Å². The maximum absolute atomic E-state index is 11.9. The van der Waals surface area contributed by atoms with E-state index in [2.05, 4.69) is 10.5 Å². The third-order valence-corrected chi connectivity index (χ3v) is 3.11. The molecule has 1 aliphatic rings. The highest BCUT2D eigenvalue weighted by Crippen LogP contribution is 2.29. The minimum atomic E-state index is -0.574. The van der Waals surface area contributed by atoms with Crippen LogP contribution >= 0.6 is 0 Å². The Labute approximate surface area is 124 Å². The van der Waals surface area contributed by atoms with E-state index in [1.54, 1.807) is 20.3 Å². The molecule has 0 aliphatic carbocycles. The van der Waals surface area contributed by atoms with Crippen molar-refractivity contribution in [2.45, 2.75) is 32.4 Å². The van der Waals surface area contributed by atoms with Crippen molar-refractivity contribution in [3.63, 3.8) is 0 Å². The first-order chi connectivity index (χ1) is 10.0. The summed E-state index contributed by atoms with van der Waals surface area (Å²) in [7, 11) is 3.16. The molecule has 1 N–H and O–H groups in total. The highest BCUT2D eigenvalue weighted by atomic mass is 16.6. The van der Waals surface area contributed by atoms with Crippen LogP contribution in [0.2, 0.25) is 0 Å². The molecule has 0 unspecified atom stereocenters. The third-order valence-electron chi connectivity index (χ3n) is 3.11. The standard InChI is InChI=1S/C15H20N2O4/c1-9(2)16-15(18)14-8-11(17-21-14)10-5-6-12(19-3)13(7-10)20-4/h5-7,9,14H,8H2,1-4H3,(H,16,18)/t14-/m0/s1. The molecule has 0 radical (unpaired) electrons. The van der Waals surface area contributed by atoms with Crippen molar-refractivity contribution in [2.24, 2.45) is 5.16 Å². The lowest BCUT2D eigenvalue weighted by atomic mass is 10.0. The second-order valence-corrected chi connectivity index (χ2v) is 5.07. The number of oxime groups is 1. The molecular formula is C15H20N2O4. The fourth-order valence-corrected chi connectivity index (χ4v) is 2.08. The second-order valence-electron chi connectivity index (χ2n) is 5.07. The van der Waals surface area contributed by atoms with Gasteiger partial charge in [0, 0.05) is 18.0 Å². The average Bonchev–Trinajstić information content (AvgIpc) is 2.95. The number of carbonyl (C=O) groups excluding carboxylic acids is 1. The molecule has 0 saturated carbocycles. The molecule has 1 aromatic carbocycles. The fraction of sp³-hybridized carbons (Fsp3) is 0.467. The van der Waals surface area contributed by atoms with Crippen LogP contribution in [0.5, 0.6) is 11.5 Å². The molecule has 1 atom stereocenters. The Morgan fingerprint density at radius 2 is 2.05 bits per heavy atom. The quantitative estimate of drug-likeness (QED) is 0.897. The number of ether oxygens (including phenoxy) is 2. The highest BCUT2D eigenvalue weighted by Gasteiger charge is 2.29. The summed E-state index contributed by atoms with van der Waals surface area (Å²) < 4.78 is 10.5. The molecule has 21 heavy (non-hydrogen) atoms. The van der Waals surface area contributed by atoms with Crippen LogP contribution in [0.15, 0.2) is 23.4 Å². The van der Waals surface area contributed by atoms with Crippen LogP contribution in [0.4, 0.5) is 0 Å². The lowest BCUT2D eigenvalue weighted by Crippen LogP contribution is -2.38. The Morgan fingerprint density at radius 1 is 1.33 bits per heavy atom. The number of rotatable bonds is 5. The molecule has 0 bridgehead atoms. The molecule has 1 heterocycles. The van der Waals surface area contributed by atoms with Gasteiger partial charge in [-0.1, -0.05) is 5.16 Å². The molecule has 1 aliphatic heterocycles. The fourth-order valence-electron chi connectivity index (χ4n) is 2.08. The number of hydrogen-bond donors (Lipinski definition) is 1. The average molecular weight is 292 g/mol. The number of benzene rings is 1. The molecule has 0 spiro atoms. The van der Waals surface area contributed by atoms with Gasteiger partial charge in [0.25, 0.3) is 5.91 Å².